The molecule has 0 aromatic heterocycles. The Morgan fingerprint density at radius 3 is 2.72 bits per heavy atom. The molecule has 98 valence electrons. The number of nitrogens with zero attached hydrogens (tertiary/aromatic N) is 1. The van der Waals surface area contributed by atoms with Crippen LogP contribution >= 0.6 is 0 Å². The Labute approximate surface area is 109 Å². The normalized spacial score (nSPS) is 22.3. The van der Waals surface area contributed by atoms with Crippen molar-refractivity contribution in [1.29, 1.82) is 0 Å². The quantitative estimate of drug-likeness (QED) is 0.869. The Morgan fingerprint density at radius 2 is 2.06 bits per heavy atom. The van der Waals surface area contributed by atoms with E-state index in [2.05, 4.69) is 24.4 Å². The van der Waals surface area contributed by atoms with Gasteiger partial charge in [-0.25, -0.2) is 0 Å². The number of hydrogen-bond acceptors (Lipinski definition) is 2. The van der Waals surface area contributed by atoms with Crippen molar-refractivity contribution in [2.75, 3.05) is 12.4 Å². The van der Waals surface area contributed by atoms with Crippen LogP contribution in [0.4, 0.5) is 5.69 Å². The fraction of sp³-hybridized carbons (Fsp3) is 0.533. The molecular weight excluding hydrogens is 224 g/mol. The molecule has 2 rings (SSSR count). The number of rotatable bonds is 2. The Bertz CT molecular complexity index is 442. The second-order valence-corrected chi connectivity index (χ2v) is 5.44. The number of carbonyl (C=O) groups is 1. The fourth-order valence-electron chi connectivity index (χ4n) is 2.42. The lowest BCUT2D eigenvalue weighted by atomic mass is 9.87. The molecule has 1 N–H and O–H groups in total. The van der Waals surface area contributed by atoms with Crippen LogP contribution in [0, 0.1) is 5.92 Å². The van der Waals surface area contributed by atoms with Gasteiger partial charge in [-0.15, -0.1) is 0 Å². The summed E-state index contributed by atoms with van der Waals surface area (Å²) in [6.45, 7) is 6.19. The van der Waals surface area contributed by atoms with Crippen LogP contribution in [0.15, 0.2) is 24.3 Å². The second kappa shape index (κ2) is 5.01. The van der Waals surface area contributed by atoms with Crippen molar-refractivity contribution < 1.29 is 4.79 Å². The largest absolute Gasteiger partial charge is 0.382 e. The summed E-state index contributed by atoms with van der Waals surface area (Å²) in [6.07, 6.45) is 0.834. The van der Waals surface area contributed by atoms with Gasteiger partial charge in [-0.1, -0.05) is 18.2 Å². The van der Waals surface area contributed by atoms with E-state index in [0.29, 0.717) is 0 Å². The van der Waals surface area contributed by atoms with Crippen LogP contribution in [0.1, 0.15) is 26.3 Å². The molecule has 18 heavy (non-hydrogen) atoms. The van der Waals surface area contributed by atoms with Gasteiger partial charge in [0.15, 0.2) is 0 Å². The molecule has 0 spiro atoms. The summed E-state index contributed by atoms with van der Waals surface area (Å²) in [4.78, 5) is 14.3. The predicted octanol–water partition coefficient (Wildman–Crippen LogP) is 2.53. The number of fused-ring (bicyclic) bond motifs is 1. The lowest BCUT2D eigenvalue weighted by Crippen LogP contribution is -2.46. The maximum absolute atomic E-state index is 12.4. The number of hydrogen-bond donors (Lipinski definition) is 1. The summed E-state index contributed by atoms with van der Waals surface area (Å²) in [6, 6.07) is 8.68. The van der Waals surface area contributed by atoms with Crippen molar-refractivity contribution in [3.05, 3.63) is 29.8 Å². The van der Waals surface area contributed by atoms with E-state index in [-0.39, 0.29) is 23.9 Å². The van der Waals surface area contributed by atoms with E-state index in [9.17, 15) is 4.79 Å². The highest BCUT2D eigenvalue weighted by molar-refractivity contribution is 5.81. The molecule has 2 unspecified atom stereocenters. The van der Waals surface area contributed by atoms with Gasteiger partial charge in [0.05, 0.1) is 5.92 Å². The summed E-state index contributed by atoms with van der Waals surface area (Å²) in [7, 11) is 1.89. The maximum atomic E-state index is 12.4. The minimum atomic E-state index is 0.0345. The summed E-state index contributed by atoms with van der Waals surface area (Å²) >= 11 is 0. The van der Waals surface area contributed by atoms with E-state index in [4.69, 9.17) is 0 Å². The summed E-state index contributed by atoms with van der Waals surface area (Å²) in [5, 5.41) is 3.44. The van der Waals surface area contributed by atoms with Crippen LogP contribution in [0.2, 0.25) is 0 Å². The first-order valence-corrected chi connectivity index (χ1v) is 6.62. The van der Waals surface area contributed by atoms with E-state index < -0.39 is 0 Å². The van der Waals surface area contributed by atoms with Crippen molar-refractivity contribution in [1.82, 2.24) is 4.90 Å². The Kier molecular flexibility index (Phi) is 3.60. The number of para-hydroxylation sites is 1. The van der Waals surface area contributed by atoms with Crippen molar-refractivity contribution in [3.8, 4) is 0 Å². The number of benzene rings is 1. The molecule has 1 aliphatic heterocycles. The van der Waals surface area contributed by atoms with Gasteiger partial charge in [-0.3, -0.25) is 4.79 Å². The molecular formula is C15H22N2O. The molecule has 0 fully saturated rings. The zero-order chi connectivity index (χ0) is 13.3. The minimum absolute atomic E-state index is 0.0345. The fourth-order valence-corrected chi connectivity index (χ4v) is 2.42. The van der Waals surface area contributed by atoms with Crippen LogP contribution in [0.25, 0.3) is 0 Å². The molecule has 3 heteroatoms. The lowest BCUT2D eigenvalue weighted by Gasteiger charge is -2.35. The summed E-state index contributed by atoms with van der Waals surface area (Å²) in [5.74, 6) is 0.270. The van der Waals surface area contributed by atoms with E-state index in [0.717, 1.165) is 6.42 Å². The molecule has 0 radical (unpaired) electrons. The lowest BCUT2D eigenvalue weighted by molar-refractivity contribution is -0.136. The third kappa shape index (κ3) is 2.35. The van der Waals surface area contributed by atoms with Crippen molar-refractivity contribution in [3.63, 3.8) is 0 Å². The monoisotopic (exact) mass is 246 g/mol. The molecule has 1 aromatic carbocycles. The van der Waals surface area contributed by atoms with Crippen LogP contribution in [0.3, 0.4) is 0 Å². The third-order valence-electron chi connectivity index (χ3n) is 3.88. The highest BCUT2D eigenvalue weighted by Crippen LogP contribution is 2.29. The number of carbonyl (C=O) groups excluding carboxylic acids is 1. The Hall–Kier alpha value is -1.51. The van der Waals surface area contributed by atoms with E-state index in [1.54, 1.807) is 0 Å². The molecule has 3 nitrogen and oxygen atoms in total. The molecule has 1 aliphatic rings. The highest BCUT2D eigenvalue weighted by Gasteiger charge is 2.32. The molecule has 1 aromatic rings. The standard InChI is InChI=1S/C15H22N2O/c1-10(2)17(4)15(18)13-9-12-7-5-6-8-14(12)16-11(13)3/h5-8,10-11,13,16H,9H2,1-4H3. The molecule has 0 saturated carbocycles. The average molecular weight is 246 g/mol. The van der Waals surface area contributed by atoms with Crippen LogP contribution in [0.5, 0.6) is 0 Å². The number of anilines is 1. The highest BCUT2D eigenvalue weighted by atomic mass is 16.2. The van der Waals surface area contributed by atoms with Gasteiger partial charge in [0, 0.05) is 24.8 Å². The Morgan fingerprint density at radius 1 is 1.39 bits per heavy atom. The minimum Gasteiger partial charge on any atom is -0.382 e. The van der Waals surface area contributed by atoms with Crippen LogP contribution < -0.4 is 5.32 Å². The SMILES string of the molecule is CC1Nc2ccccc2CC1C(=O)N(C)C(C)C. The van der Waals surface area contributed by atoms with Gasteiger partial charge in [0.2, 0.25) is 5.91 Å². The topological polar surface area (TPSA) is 32.3 Å². The smallest absolute Gasteiger partial charge is 0.228 e. The van der Waals surface area contributed by atoms with Gasteiger partial charge in [0.1, 0.15) is 0 Å². The molecule has 0 bridgehead atoms. The van der Waals surface area contributed by atoms with E-state index in [1.807, 2.05) is 37.9 Å². The molecule has 0 saturated heterocycles. The molecule has 1 heterocycles. The molecule has 0 aliphatic carbocycles. The molecule has 2 atom stereocenters. The van der Waals surface area contributed by atoms with Gasteiger partial charge in [0.25, 0.3) is 0 Å². The second-order valence-electron chi connectivity index (χ2n) is 5.44. The van der Waals surface area contributed by atoms with Gasteiger partial charge in [-0.05, 0) is 38.8 Å². The van der Waals surface area contributed by atoms with Crippen LogP contribution in [-0.4, -0.2) is 29.9 Å². The van der Waals surface area contributed by atoms with Crippen LogP contribution in [-0.2, 0) is 11.2 Å². The van der Waals surface area contributed by atoms with Crippen molar-refractivity contribution in [2.45, 2.75) is 39.3 Å². The number of nitrogens with one attached hydrogen (secondary N) is 1. The first-order valence-electron chi connectivity index (χ1n) is 6.62. The predicted molar refractivity (Wildman–Crippen MR) is 74.6 cm³/mol. The van der Waals surface area contributed by atoms with Gasteiger partial charge < -0.3 is 10.2 Å². The molecule has 1 amide bonds. The van der Waals surface area contributed by atoms with Crippen molar-refractivity contribution >= 4 is 11.6 Å². The third-order valence-corrected chi connectivity index (χ3v) is 3.88. The average Bonchev–Trinajstić information content (AvgIpc) is 2.36. The van der Waals surface area contributed by atoms with Gasteiger partial charge >= 0.3 is 0 Å². The zero-order valence-electron chi connectivity index (χ0n) is 11.6. The summed E-state index contributed by atoms with van der Waals surface area (Å²) in [5.41, 5.74) is 2.41. The first kappa shape index (κ1) is 12.9. The zero-order valence-corrected chi connectivity index (χ0v) is 11.6. The van der Waals surface area contributed by atoms with Crippen molar-refractivity contribution in [2.24, 2.45) is 5.92 Å². The Balaban J connectivity index is 2.19. The first-order chi connectivity index (χ1) is 8.50. The number of amides is 1. The van der Waals surface area contributed by atoms with E-state index in [1.165, 1.54) is 11.3 Å². The summed E-state index contributed by atoms with van der Waals surface area (Å²) < 4.78 is 0. The van der Waals surface area contributed by atoms with E-state index >= 15 is 0 Å². The maximum Gasteiger partial charge on any atom is 0.228 e. The van der Waals surface area contributed by atoms with Gasteiger partial charge in [-0.2, -0.15) is 0 Å².